The number of carbonyl (C=O) groups is 2. The first-order valence-corrected chi connectivity index (χ1v) is 6.16. The molecule has 0 unspecified atom stereocenters. The molecule has 0 radical (unpaired) electrons. The van der Waals surface area contributed by atoms with Crippen LogP contribution in [0.4, 0.5) is 0 Å². The summed E-state index contributed by atoms with van der Waals surface area (Å²) in [6.45, 7) is 0. The maximum atomic E-state index is 12.2. The van der Waals surface area contributed by atoms with Crippen LogP contribution in [0.15, 0.2) is 41.1 Å². The van der Waals surface area contributed by atoms with Gasteiger partial charge in [-0.1, -0.05) is 0 Å². The zero-order chi connectivity index (χ0) is 15.4. The van der Waals surface area contributed by atoms with Crippen molar-refractivity contribution in [3.05, 3.63) is 48.2 Å². The summed E-state index contributed by atoms with van der Waals surface area (Å²) in [7, 11) is 4.25. The zero-order valence-electron chi connectivity index (χ0n) is 12.0. The van der Waals surface area contributed by atoms with Crippen LogP contribution in [0.25, 0.3) is 11.1 Å². The SMILES string of the molecule is COC(=O)/C(=C(/C(=O)OC)c1cccn1C)c1ccco1. The summed E-state index contributed by atoms with van der Waals surface area (Å²) >= 11 is 0. The van der Waals surface area contributed by atoms with E-state index in [-0.39, 0.29) is 16.9 Å². The zero-order valence-corrected chi connectivity index (χ0v) is 12.0. The lowest BCUT2D eigenvalue weighted by Crippen LogP contribution is -2.14. The summed E-state index contributed by atoms with van der Waals surface area (Å²) in [5.74, 6) is -1.08. The number of aryl methyl sites for hydroxylation is 1. The fourth-order valence-corrected chi connectivity index (χ4v) is 2.01. The monoisotopic (exact) mass is 289 g/mol. The molecule has 0 atom stereocenters. The molecule has 2 aromatic rings. The lowest BCUT2D eigenvalue weighted by atomic mass is 10.0. The van der Waals surface area contributed by atoms with Crippen molar-refractivity contribution >= 4 is 23.1 Å². The molecule has 110 valence electrons. The summed E-state index contributed by atoms with van der Waals surface area (Å²) in [5, 5.41) is 0. The van der Waals surface area contributed by atoms with Gasteiger partial charge in [-0.25, -0.2) is 9.59 Å². The summed E-state index contributed by atoms with van der Waals surface area (Å²) in [5.41, 5.74) is 0.640. The Hall–Kier alpha value is -2.76. The number of hydrogen-bond acceptors (Lipinski definition) is 5. The van der Waals surface area contributed by atoms with Gasteiger partial charge in [0.25, 0.3) is 0 Å². The van der Waals surface area contributed by atoms with Gasteiger partial charge < -0.3 is 18.5 Å². The first kappa shape index (κ1) is 14.6. The Morgan fingerprint density at radius 3 is 2.19 bits per heavy atom. The Kier molecular flexibility index (Phi) is 4.27. The smallest absolute Gasteiger partial charge is 0.342 e. The largest absolute Gasteiger partial charge is 0.465 e. The van der Waals surface area contributed by atoms with E-state index in [1.807, 2.05) is 0 Å². The number of carbonyl (C=O) groups excluding carboxylic acids is 2. The summed E-state index contributed by atoms with van der Waals surface area (Å²) in [6.07, 6.45) is 3.17. The third-order valence-electron chi connectivity index (χ3n) is 3.00. The Balaban J connectivity index is 2.77. The van der Waals surface area contributed by atoms with Crippen molar-refractivity contribution in [3.8, 4) is 0 Å². The maximum Gasteiger partial charge on any atom is 0.342 e. The van der Waals surface area contributed by atoms with Gasteiger partial charge in [0.05, 0.1) is 26.2 Å². The molecule has 0 aliphatic rings. The van der Waals surface area contributed by atoms with E-state index in [4.69, 9.17) is 13.9 Å². The van der Waals surface area contributed by atoms with E-state index in [9.17, 15) is 9.59 Å². The van der Waals surface area contributed by atoms with Gasteiger partial charge in [0.2, 0.25) is 0 Å². The van der Waals surface area contributed by atoms with Crippen molar-refractivity contribution in [2.75, 3.05) is 14.2 Å². The predicted octanol–water partition coefficient (Wildman–Crippen LogP) is 1.87. The van der Waals surface area contributed by atoms with E-state index in [1.165, 1.54) is 20.5 Å². The topological polar surface area (TPSA) is 70.7 Å². The van der Waals surface area contributed by atoms with Crippen LogP contribution in [0.3, 0.4) is 0 Å². The molecule has 0 aliphatic carbocycles. The number of rotatable bonds is 4. The molecule has 0 aliphatic heterocycles. The van der Waals surface area contributed by atoms with Crippen LogP contribution in [0.2, 0.25) is 0 Å². The fraction of sp³-hybridized carbons (Fsp3) is 0.200. The van der Waals surface area contributed by atoms with Crippen LogP contribution < -0.4 is 0 Å². The molecule has 6 heteroatoms. The van der Waals surface area contributed by atoms with Crippen molar-refractivity contribution in [1.82, 2.24) is 4.57 Å². The lowest BCUT2D eigenvalue weighted by Gasteiger charge is -2.12. The van der Waals surface area contributed by atoms with Crippen LogP contribution in [-0.2, 0) is 26.1 Å². The van der Waals surface area contributed by atoms with Gasteiger partial charge in [-0.15, -0.1) is 0 Å². The second kappa shape index (κ2) is 6.13. The molecule has 2 aromatic heterocycles. The highest BCUT2D eigenvalue weighted by atomic mass is 16.5. The third kappa shape index (κ3) is 2.74. The van der Waals surface area contributed by atoms with Crippen LogP contribution in [-0.4, -0.2) is 30.7 Å². The number of esters is 2. The first-order chi connectivity index (χ1) is 10.1. The molecule has 6 nitrogen and oxygen atoms in total. The normalized spacial score (nSPS) is 11.8. The maximum absolute atomic E-state index is 12.2. The van der Waals surface area contributed by atoms with E-state index < -0.39 is 11.9 Å². The van der Waals surface area contributed by atoms with Crippen LogP contribution in [0.1, 0.15) is 11.5 Å². The van der Waals surface area contributed by atoms with Gasteiger partial charge in [0.15, 0.2) is 0 Å². The molecule has 0 aromatic carbocycles. The number of aromatic nitrogens is 1. The molecule has 0 bridgehead atoms. The van der Waals surface area contributed by atoms with Gasteiger partial charge in [-0.3, -0.25) is 0 Å². The minimum absolute atomic E-state index is 0.0242. The van der Waals surface area contributed by atoms with E-state index in [0.29, 0.717) is 5.69 Å². The Morgan fingerprint density at radius 2 is 1.71 bits per heavy atom. The molecule has 2 heterocycles. The van der Waals surface area contributed by atoms with E-state index in [2.05, 4.69) is 0 Å². The van der Waals surface area contributed by atoms with Crippen molar-refractivity contribution < 1.29 is 23.5 Å². The minimum atomic E-state index is -0.674. The Labute approximate surface area is 121 Å². The van der Waals surface area contributed by atoms with Gasteiger partial charge in [-0.05, 0) is 24.3 Å². The standard InChI is InChI=1S/C15H15NO5/c1-16-8-4-6-10(16)12(14(17)19-2)13(15(18)20-3)11-7-5-9-21-11/h4-9H,1-3H3/b13-12+. The van der Waals surface area contributed by atoms with Crippen molar-refractivity contribution in [1.29, 1.82) is 0 Å². The van der Waals surface area contributed by atoms with Gasteiger partial charge in [-0.2, -0.15) is 0 Å². The lowest BCUT2D eigenvalue weighted by molar-refractivity contribution is -0.136. The quantitative estimate of drug-likeness (QED) is 0.635. The summed E-state index contributed by atoms with van der Waals surface area (Å²) in [6, 6.07) is 6.67. The van der Waals surface area contributed by atoms with E-state index in [0.717, 1.165) is 0 Å². The second-order valence-electron chi connectivity index (χ2n) is 4.21. The molecule has 0 amide bonds. The highest BCUT2D eigenvalue weighted by molar-refractivity contribution is 6.36. The molecular weight excluding hydrogens is 274 g/mol. The van der Waals surface area contributed by atoms with Crippen molar-refractivity contribution in [2.24, 2.45) is 7.05 Å². The van der Waals surface area contributed by atoms with Crippen LogP contribution in [0.5, 0.6) is 0 Å². The van der Waals surface area contributed by atoms with Crippen LogP contribution >= 0.6 is 0 Å². The van der Waals surface area contributed by atoms with Gasteiger partial charge in [0, 0.05) is 13.2 Å². The Bertz CT molecular complexity index is 679. The number of hydrogen-bond donors (Lipinski definition) is 0. The van der Waals surface area contributed by atoms with E-state index >= 15 is 0 Å². The molecule has 0 spiro atoms. The number of furan rings is 1. The fourth-order valence-electron chi connectivity index (χ4n) is 2.01. The molecular formula is C15H15NO5. The summed E-state index contributed by atoms with van der Waals surface area (Å²) in [4.78, 5) is 24.3. The predicted molar refractivity (Wildman–Crippen MR) is 75.0 cm³/mol. The molecule has 21 heavy (non-hydrogen) atoms. The average Bonchev–Trinajstić information content (AvgIpc) is 3.14. The van der Waals surface area contributed by atoms with Gasteiger partial charge in [0.1, 0.15) is 16.9 Å². The molecule has 2 rings (SSSR count). The van der Waals surface area contributed by atoms with Crippen molar-refractivity contribution in [2.45, 2.75) is 0 Å². The highest BCUT2D eigenvalue weighted by Crippen LogP contribution is 2.29. The van der Waals surface area contributed by atoms with Gasteiger partial charge >= 0.3 is 11.9 Å². The Morgan fingerprint density at radius 1 is 1.05 bits per heavy atom. The summed E-state index contributed by atoms with van der Waals surface area (Å²) < 4.78 is 16.5. The first-order valence-electron chi connectivity index (χ1n) is 6.16. The molecule has 0 N–H and O–H groups in total. The second-order valence-corrected chi connectivity index (χ2v) is 4.21. The molecule has 0 saturated heterocycles. The number of methoxy groups -OCH3 is 2. The minimum Gasteiger partial charge on any atom is -0.465 e. The molecule has 0 saturated carbocycles. The third-order valence-corrected chi connectivity index (χ3v) is 3.00. The van der Waals surface area contributed by atoms with E-state index in [1.54, 1.807) is 42.1 Å². The molecule has 0 fully saturated rings. The average molecular weight is 289 g/mol. The number of ether oxygens (including phenoxy) is 2. The number of nitrogens with zero attached hydrogens (tertiary/aromatic N) is 1. The highest BCUT2D eigenvalue weighted by Gasteiger charge is 2.28. The van der Waals surface area contributed by atoms with Crippen molar-refractivity contribution in [3.63, 3.8) is 0 Å². The van der Waals surface area contributed by atoms with Crippen LogP contribution in [0, 0.1) is 0 Å².